The minimum absolute atomic E-state index is 0.0685. The normalized spacial score (nSPS) is 18.5. The third kappa shape index (κ3) is 4.18. The van der Waals surface area contributed by atoms with Crippen LogP contribution in [-0.4, -0.2) is 63.5 Å². The minimum Gasteiger partial charge on any atom is -0.396 e. The molecule has 0 aliphatic carbocycles. The highest BCUT2D eigenvalue weighted by Crippen LogP contribution is 2.15. The number of aliphatic hydroxyl groups excluding tert-OH is 1. The Morgan fingerprint density at radius 1 is 1.25 bits per heavy atom. The molecule has 2 aromatic rings. The van der Waals surface area contributed by atoms with E-state index in [1.54, 1.807) is 29.4 Å². The zero-order valence-electron chi connectivity index (χ0n) is 13.6. The van der Waals surface area contributed by atoms with Gasteiger partial charge in [-0.05, 0) is 49.6 Å². The average molecular weight is 329 g/mol. The third-order valence-corrected chi connectivity index (χ3v) is 4.42. The molecule has 7 heteroatoms. The fourth-order valence-corrected chi connectivity index (χ4v) is 3.05. The van der Waals surface area contributed by atoms with Gasteiger partial charge in [0.05, 0.1) is 0 Å². The maximum atomic E-state index is 12.2. The van der Waals surface area contributed by atoms with Crippen molar-refractivity contribution in [1.29, 1.82) is 0 Å². The molecule has 7 nitrogen and oxygen atoms in total. The van der Waals surface area contributed by atoms with E-state index in [1.807, 2.05) is 12.1 Å². The van der Waals surface area contributed by atoms with Crippen molar-refractivity contribution < 1.29 is 9.90 Å². The van der Waals surface area contributed by atoms with Crippen molar-refractivity contribution in [2.24, 2.45) is 5.92 Å². The number of aliphatic hydroxyl groups is 1. The first-order valence-corrected chi connectivity index (χ1v) is 8.33. The molecule has 0 radical (unpaired) electrons. The predicted molar refractivity (Wildman–Crippen MR) is 89.9 cm³/mol. The van der Waals surface area contributed by atoms with E-state index in [0.29, 0.717) is 18.0 Å². The standard InChI is InChI=1S/C17H23N5O2/c23-11-14-2-1-8-21(10-14)9-7-18-17(24)15-3-5-16(6-4-15)22-12-19-20-13-22/h3-6,12-14,23H,1-2,7-11H2,(H,18,24). The lowest BCUT2D eigenvalue weighted by atomic mass is 9.99. The van der Waals surface area contributed by atoms with Gasteiger partial charge in [-0.25, -0.2) is 0 Å². The molecule has 0 saturated carbocycles. The molecule has 1 amide bonds. The molecule has 0 bridgehead atoms. The molecule has 0 spiro atoms. The van der Waals surface area contributed by atoms with E-state index in [1.165, 1.54) is 0 Å². The van der Waals surface area contributed by atoms with Gasteiger partial charge in [0, 0.05) is 37.5 Å². The fraction of sp³-hybridized carbons (Fsp3) is 0.471. The summed E-state index contributed by atoms with van der Waals surface area (Å²) in [6, 6.07) is 7.34. The molecule has 1 saturated heterocycles. The maximum Gasteiger partial charge on any atom is 0.251 e. The number of piperidine rings is 1. The van der Waals surface area contributed by atoms with Gasteiger partial charge >= 0.3 is 0 Å². The van der Waals surface area contributed by atoms with Crippen LogP contribution in [0.4, 0.5) is 0 Å². The fourth-order valence-electron chi connectivity index (χ4n) is 3.05. The lowest BCUT2D eigenvalue weighted by Gasteiger charge is -2.31. The van der Waals surface area contributed by atoms with E-state index >= 15 is 0 Å². The van der Waals surface area contributed by atoms with E-state index in [9.17, 15) is 9.90 Å². The number of carbonyl (C=O) groups is 1. The van der Waals surface area contributed by atoms with Gasteiger partial charge in [-0.15, -0.1) is 10.2 Å². The van der Waals surface area contributed by atoms with E-state index in [2.05, 4.69) is 20.4 Å². The molecule has 128 valence electrons. The van der Waals surface area contributed by atoms with Crippen LogP contribution >= 0.6 is 0 Å². The first-order valence-electron chi connectivity index (χ1n) is 8.33. The highest BCUT2D eigenvalue weighted by molar-refractivity contribution is 5.94. The summed E-state index contributed by atoms with van der Waals surface area (Å²) in [6.07, 6.45) is 5.45. The van der Waals surface area contributed by atoms with E-state index < -0.39 is 0 Å². The van der Waals surface area contributed by atoms with Gasteiger partial charge < -0.3 is 15.3 Å². The van der Waals surface area contributed by atoms with Gasteiger partial charge in [0.25, 0.3) is 5.91 Å². The van der Waals surface area contributed by atoms with E-state index in [4.69, 9.17) is 0 Å². The predicted octanol–water partition coefficient (Wildman–Crippen LogP) is 0.701. The van der Waals surface area contributed by atoms with Crippen molar-refractivity contribution in [2.75, 3.05) is 32.8 Å². The van der Waals surface area contributed by atoms with Crippen molar-refractivity contribution in [3.05, 3.63) is 42.5 Å². The summed E-state index contributed by atoms with van der Waals surface area (Å²) in [7, 11) is 0. The van der Waals surface area contributed by atoms with Gasteiger partial charge in [0.2, 0.25) is 0 Å². The SMILES string of the molecule is O=C(NCCN1CCCC(CO)C1)c1ccc(-n2cnnc2)cc1. The van der Waals surface area contributed by atoms with Crippen LogP contribution in [0.25, 0.3) is 5.69 Å². The van der Waals surface area contributed by atoms with Crippen LogP contribution in [0.5, 0.6) is 0 Å². The van der Waals surface area contributed by atoms with Crippen molar-refractivity contribution in [2.45, 2.75) is 12.8 Å². The van der Waals surface area contributed by atoms with E-state index in [0.717, 1.165) is 38.2 Å². The molecule has 1 atom stereocenters. The summed E-state index contributed by atoms with van der Waals surface area (Å²) >= 11 is 0. The van der Waals surface area contributed by atoms with Gasteiger partial charge in [-0.1, -0.05) is 0 Å². The Bertz CT molecular complexity index is 642. The molecule has 1 aromatic heterocycles. The largest absolute Gasteiger partial charge is 0.396 e. The third-order valence-electron chi connectivity index (χ3n) is 4.42. The molecule has 1 aliphatic heterocycles. The summed E-state index contributed by atoms with van der Waals surface area (Å²) in [4.78, 5) is 14.5. The second-order valence-electron chi connectivity index (χ2n) is 6.16. The van der Waals surface area contributed by atoms with Crippen LogP contribution < -0.4 is 5.32 Å². The summed E-state index contributed by atoms with van der Waals surface area (Å²) in [5.41, 5.74) is 1.55. The Morgan fingerprint density at radius 2 is 2.00 bits per heavy atom. The zero-order valence-corrected chi connectivity index (χ0v) is 13.6. The summed E-state index contributed by atoms with van der Waals surface area (Å²) in [6.45, 7) is 3.65. The van der Waals surface area contributed by atoms with Gasteiger partial charge in [0.1, 0.15) is 12.7 Å². The molecule has 3 rings (SSSR count). The molecule has 1 aromatic carbocycles. The number of hydrogen-bond acceptors (Lipinski definition) is 5. The van der Waals surface area contributed by atoms with Crippen molar-refractivity contribution in [1.82, 2.24) is 25.0 Å². The molecule has 1 aliphatic rings. The van der Waals surface area contributed by atoms with Crippen molar-refractivity contribution >= 4 is 5.91 Å². The number of rotatable bonds is 6. The maximum absolute atomic E-state index is 12.2. The van der Waals surface area contributed by atoms with Crippen molar-refractivity contribution in [3.63, 3.8) is 0 Å². The zero-order chi connectivity index (χ0) is 16.8. The number of aromatic nitrogens is 3. The minimum atomic E-state index is -0.0685. The number of carbonyl (C=O) groups excluding carboxylic acids is 1. The molecule has 1 unspecified atom stereocenters. The highest BCUT2D eigenvalue weighted by atomic mass is 16.3. The molecule has 24 heavy (non-hydrogen) atoms. The topological polar surface area (TPSA) is 83.3 Å². The quantitative estimate of drug-likeness (QED) is 0.815. The summed E-state index contributed by atoms with van der Waals surface area (Å²) in [5, 5.41) is 19.7. The molecular formula is C17H23N5O2. The number of benzene rings is 1. The van der Waals surface area contributed by atoms with Gasteiger partial charge in [0.15, 0.2) is 0 Å². The summed E-state index contributed by atoms with van der Waals surface area (Å²) < 4.78 is 1.79. The Kier molecular flexibility index (Phi) is 5.55. The Balaban J connectivity index is 1.46. The summed E-state index contributed by atoms with van der Waals surface area (Å²) in [5.74, 6) is 0.306. The van der Waals surface area contributed by atoms with Gasteiger partial charge in [-0.2, -0.15) is 0 Å². The monoisotopic (exact) mass is 329 g/mol. The molecule has 1 fully saturated rings. The van der Waals surface area contributed by atoms with E-state index in [-0.39, 0.29) is 12.5 Å². The molecular weight excluding hydrogens is 306 g/mol. The number of likely N-dealkylation sites (tertiary alicyclic amines) is 1. The first-order chi connectivity index (χ1) is 11.8. The Hall–Kier alpha value is -2.25. The molecule has 2 N–H and O–H groups in total. The lowest BCUT2D eigenvalue weighted by Crippen LogP contribution is -2.41. The number of nitrogens with zero attached hydrogens (tertiary/aromatic N) is 4. The molecule has 2 heterocycles. The number of hydrogen-bond donors (Lipinski definition) is 2. The Morgan fingerprint density at radius 3 is 2.71 bits per heavy atom. The lowest BCUT2D eigenvalue weighted by molar-refractivity contribution is 0.0930. The number of nitrogens with one attached hydrogen (secondary N) is 1. The Labute approximate surface area is 141 Å². The second kappa shape index (κ2) is 8.03. The second-order valence-corrected chi connectivity index (χ2v) is 6.16. The smallest absolute Gasteiger partial charge is 0.251 e. The van der Waals surface area contributed by atoms with Crippen LogP contribution in [0, 0.1) is 5.92 Å². The van der Waals surface area contributed by atoms with Crippen LogP contribution in [0.15, 0.2) is 36.9 Å². The van der Waals surface area contributed by atoms with Crippen LogP contribution in [0.2, 0.25) is 0 Å². The number of amides is 1. The van der Waals surface area contributed by atoms with Crippen LogP contribution in [-0.2, 0) is 0 Å². The first kappa shape index (κ1) is 16.6. The van der Waals surface area contributed by atoms with Crippen LogP contribution in [0.1, 0.15) is 23.2 Å². The highest BCUT2D eigenvalue weighted by Gasteiger charge is 2.18. The van der Waals surface area contributed by atoms with Gasteiger partial charge in [-0.3, -0.25) is 9.36 Å². The van der Waals surface area contributed by atoms with Crippen molar-refractivity contribution in [3.8, 4) is 5.69 Å². The average Bonchev–Trinajstić information content (AvgIpc) is 3.16. The van der Waals surface area contributed by atoms with Crippen LogP contribution in [0.3, 0.4) is 0 Å².